The molecule has 0 heterocycles. The molecule has 6 heteroatoms. The van der Waals surface area contributed by atoms with Gasteiger partial charge in [0.05, 0.1) is 25.4 Å². The number of ether oxygens (including phenoxy) is 1. The molecule has 2 atom stereocenters. The van der Waals surface area contributed by atoms with Crippen LogP contribution in [0.3, 0.4) is 0 Å². The first-order chi connectivity index (χ1) is 36.0. The van der Waals surface area contributed by atoms with Gasteiger partial charge in [0.25, 0.3) is 0 Å². The summed E-state index contributed by atoms with van der Waals surface area (Å²) in [5, 5.41) is 23.2. The number of hydrogen-bond acceptors (Lipinski definition) is 5. The molecule has 0 saturated carbocycles. The minimum atomic E-state index is -0.849. The van der Waals surface area contributed by atoms with Crippen LogP contribution < -0.4 is 5.32 Å². The minimum absolute atomic E-state index is 0.0129. The molecule has 73 heavy (non-hydrogen) atoms. The van der Waals surface area contributed by atoms with Crippen molar-refractivity contribution in [3.8, 4) is 0 Å². The average molecular weight is 1030 g/mol. The van der Waals surface area contributed by atoms with E-state index in [0.717, 1.165) is 44.9 Å². The maximum atomic E-state index is 12.5. The summed E-state index contributed by atoms with van der Waals surface area (Å²) in [6, 6.07) is -0.633. The van der Waals surface area contributed by atoms with E-state index in [9.17, 15) is 19.8 Å². The van der Waals surface area contributed by atoms with Crippen molar-refractivity contribution >= 4 is 11.9 Å². The second-order valence-corrected chi connectivity index (χ2v) is 22.8. The molecule has 0 spiro atoms. The zero-order valence-electron chi connectivity index (χ0n) is 49.4. The van der Waals surface area contributed by atoms with Crippen LogP contribution in [-0.4, -0.2) is 47.4 Å². The molecule has 0 saturated heterocycles. The van der Waals surface area contributed by atoms with E-state index in [2.05, 4.69) is 31.3 Å². The molecule has 2 unspecified atom stereocenters. The maximum absolute atomic E-state index is 12.5. The van der Waals surface area contributed by atoms with Crippen LogP contribution in [0.4, 0.5) is 0 Å². The number of unbranched alkanes of at least 4 members (excludes halogenated alkanes) is 49. The lowest BCUT2D eigenvalue weighted by atomic mass is 10.0. The van der Waals surface area contributed by atoms with Gasteiger partial charge in [0.2, 0.25) is 5.91 Å². The van der Waals surface area contributed by atoms with Crippen LogP contribution >= 0.6 is 0 Å². The first kappa shape index (κ1) is 71.3. The summed E-state index contributed by atoms with van der Waals surface area (Å²) >= 11 is 0. The summed E-state index contributed by atoms with van der Waals surface area (Å²) in [4.78, 5) is 24.6. The van der Waals surface area contributed by atoms with Gasteiger partial charge in [-0.15, -0.1) is 0 Å². The molecule has 0 aromatic rings. The Labute approximate surface area is 456 Å². The molecule has 3 N–H and O–H groups in total. The number of carbonyl (C=O) groups excluding carboxylic acids is 2. The molecule has 1 amide bonds. The number of hydrogen-bond donors (Lipinski definition) is 3. The predicted octanol–water partition coefficient (Wildman–Crippen LogP) is 21.0. The molecule has 0 aromatic heterocycles. The third-order valence-electron chi connectivity index (χ3n) is 15.5. The second-order valence-electron chi connectivity index (χ2n) is 22.8. The Morgan fingerprint density at radius 1 is 0.370 bits per heavy atom. The van der Waals surface area contributed by atoms with Crippen LogP contribution in [0.2, 0.25) is 0 Å². The van der Waals surface area contributed by atoms with Gasteiger partial charge in [-0.05, 0) is 57.8 Å². The van der Waals surface area contributed by atoms with Crippen molar-refractivity contribution < 1.29 is 24.5 Å². The van der Waals surface area contributed by atoms with E-state index in [-0.39, 0.29) is 18.5 Å². The molecule has 0 rings (SSSR count). The molecular formula is C67H129NO5. The van der Waals surface area contributed by atoms with Gasteiger partial charge in [0.15, 0.2) is 0 Å². The van der Waals surface area contributed by atoms with Gasteiger partial charge in [-0.2, -0.15) is 0 Å². The lowest BCUT2D eigenvalue weighted by Gasteiger charge is -2.20. The van der Waals surface area contributed by atoms with E-state index in [1.165, 1.54) is 295 Å². The standard InChI is InChI=1S/C67H129NO5/c1-3-5-7-9-11-13-15-17-19-20-25-28-32-35-39-43-47-51-55-59-65(70)64(63-69)68-66(71)60-56-52-48-44-40-36-33-29-26-23-21-22-24-27-30-34-38-42-46-50-54-58-62-73-67(72)61-57-53-49-45-41-37-31-18-16-14-12-10-8-6-4-2/h23,26,55,59,64-65,69-70H,3-22,24-25,27-54,56-58,60-63H2,1-2H3,(H,68,71)/b26-23-,59-55+. The first-order valence-electron chi connectivity index (χ1n) is 33.1. The lowest BCUT2D eigenvalue weighted by molar-refractivity contribution is -0.143. The molecule has 0 fully saturated rings. The van der Waals surface area contributed by atoms with Crippen molar-refractivity contribution in [2.45, 2.75) is 379 Å². The number of esters is 1. The molecular weight excluding hydrogens is 899 g/mol. The van der Waals surface area contributed by atoms with E-state index < -0.39 is 12.1 Å². The predicted molar refractivity (Wildman–Crippen MR) is 320 cm³/mol. The largest absolute Gasteiger partial charge is 0.466 e. The fraction of sp³-hybridized carbons (Fsp3) is 0.910. The van der Waals surface area contributed by atoms with Crippen molar-refractivity contribution in [1.29, 1.82) is 0 Å². The smallest absolute Gasteiger partial charge is 0.305 e. The number of aliphatic hydroxyl groups excluding tert-OH is 2. The molecule has 0 aliphatic carbocycles. The second kappa shape index (κ2) is 62.9. The maximum Gasteiger partial charge on any atom is 0.305 e. The Bertz CT molecular complexity index is 1140. The van der Waals surface area contributed by atoms with Crippen LogP contribution in [0.1, 0.15) is 367 Å². The summed E-state index contributed by atoms with van der Waals surface area (Å²) in [5.74, 6) is -0.0589. The van der Waals surface area contributed by atoms with E-state index in [0.29, 0.717) is 19.4 Å². The average Bonchev–Trinajstić information content (AvgIpc) is 3.39. The Morgan fingerprint density at radius 2 is 0.644 bits per heavy atom. The fourth-order valence-corrected chi connectivity index (χ4v) is 10.4. The van der Waals surface area contributed by atoms with E-state index >= 15 is 0 Å². The lowest BCUT2D eigenvalue weighted by Crippen LogP contribution is -2.45. The molecule has 0 aliphatic rings. The van der Waals surface area contributed by atoms with Gasteiger partial charge >= 0.3 is 5.97 Å². The number of allylic oxidation sites excluding steroid dienone is 3. The van der Waals surface area contributed by atoms with E-state index in [1.807, 2.05) is 6.08 Å². The third kappa shape index (κ3) is 59.4. The summed E-state index contributed by atoms with van der Waals surface area (Å²) < 4.78 is 5.49. The molecule has 0 aromatic carbocycles. The number of aliphatic hydroxyl groups is 2. The summed E-state index contributed by atoms with van der Waals surface area (Å²) in [6.45, 7) is 4.93. The van der Waals surface area contributed by atoms with Crippen molar-refractivity contribution in [2.24, 2.45) is 0 Å². The minimum Gasteiger partial charge on any atom is -0.466 e. The quantitative estimate of drug-likeness (QED) is 0.0320. The molecule has 0 aliphatic heterocycles. The van der Waals surface area contributed by atoms with Gasteiger partial charge in [-0.1, -0.05) is 321 Å². The highest BCUT2D eigenvalue weighted by Gasteiger charge is 2.18. The van der Waals surface area contributed by atoms with Crippen LogP contribution in [0.25, 0.3) is 0 Å². The van der Waals surface area contributed by atoms with Crippen LogP contribution in [0.15, 0.2) is 24.3 Å². The van der Waals surface area contributed by atoms with Gasteiger partial charge < -0.3 is 20.3 Å². The van der Waals surface area contributed by atoms with E-state index in [4.69, 9.17) is 4.74 Å². The first-order valence-corrected chi connectivity index (χ1v) is 33.1. The summed E-state index contributed by atoms with van der Waals surface area (Å²) in [7, 11) is 0. The topological polar surface area (TPSA) is 95.9 Å². The zero-order valence-corrected chi connectivity index (χ0v) is 49.4. The highest BCUT2D eigenvalue weighted by atomic mass is 16.5. The molecule has 432 valence electrons. The Hall–Kier alpha value is -1.66. The molecule has 0 radical (unpaired) electrons. The van der Waals surface area contributed by atoms with Crippen LogP contribution in [0, 0.1) is 0 Å². The number of amides is 1. The number of rotatable bonds is 62. The van der Waals surface area contributed by atoms with Gasteiger partial charge in [-0.25, -0.2) is 0 Å². The van der Waals surface area contributed by atoms with Crippen LogP contribution in [-0.2, 0) is 14.3 Å². The number of carbonyl (C=O) groups is 2. The van der Waals surface area contributed by atoms with Crippen molar-refractivity contribution in [3.05, 3.63) is 24.3 Å². The van der Waals surface area contributed by atoms with Crippen molar-refractivity contribution in [2.75, 3.05) is 13.2 Å². The Morgan fingerprint density at radius 3 is 0.973 bits per heavy atom. The number of nitrogens with one attached hydrogen (secondary N) is 1. The normalized spacial score (nSPS) is 12.7. The zero-order chi connectivity index (χ0) is 52.9. The van der Waals surface area contributed by atoms with Gasteiger partial charge in [-0.3, -0.25) is 9.59 Å². The van der Waals surface area contributed by atoms with Gasteiger partial charge in [0.1, 0.15) is 0 Å². The van der Waals surface area contributed by atoms with Crippen molar-refractivity contribution in [3.63, 3.8) is 0 Å². The van der Waals surface area contributed by atoms with Crippen LogP contribution in [0.5, 0.6) is 0 Å². The van der Waals surface area contributed by atoms with E-state index in [1.54, 1.807) is 6.08 Å². The monoisotopic (exact) mass is 1030 g/mol. The SMILES string of the molecule is CCCCCCCCCCCCCCCCCCC/C=C/C(O)C(CO)NC(=O)CCCCCCCCC/C=C\CCCCCCCCCCCCCOC(=O)CCCCCCCCCCCCCCCCC. The Kier molecular flexibility index (Phi) is 61.4. The summed E-state index contributed by atoms with van der Waals surface area (Å²) in [6.07, 6.45) is 78.0. The molecule has 6 nitrogen and oxygen atoms in total. The molecule has 0 bridgehead atoms. The summed E-state index contributed by atoms with van der Waals surface area (Å²) in [5.41, 5.74) is 0. The fourth-order valence-electron chi connectivity index (χ4n) is 10.4. The highest BCUT2D eigenvalue weighted by Crippen LogP contribution is 2.18. The van der Waals surface area contributed by atoms with Gasteiger partial charge in [0, 0.05) is 12.8 Å². The Balaban J connectivity index is 3.43. The third-order valence-corrected chi connectivity index (χ3v) is 15.5. The highest BCUT2D eigenvalue weighted by molar-refractivity contribution is 5.76. The van der Waals surface area contributed by atoms with Crippen molar-refractivity contribution in [1.82, 2.24) is 5.32 Å².